The number of amides is 2. The molecular weight excluding hydrogens is 316 g/mol. The summed E-state index contributed by atoms with van der Waals surface area (Å²) in [5.41, 5.74) is 6.65. The van der Waals surface area contributed by atoms with Gasteiger partial charge in [0.1, 0.15) is 0 Å². The number of carbonyl (C=O) groups excluding carboxylic acids is 2. The Labute approximate surface area is 143 Å². The Hall–Kier alpha value is -1.79. The Kier molecular flexibility index (Phi) is 7.85. The highest BCUT2D eigenvalue weighted by atomic mass is 35.5. The molecule has 2 rings (SSSR count). The van der Waals surface area contributed by atoms with Gasteiger partial charge in [0.2, 0.25) is 11.8 Å². The second-order valence-corrected chi connectivity index (χ2v) is 5.53. The van der Waals surface area contributed by atoms with Gasteiger partial charge in [-0.15, -0.1) is 12.4 Å². The van der Waals surface area contributed by atoms with Crippen LogP contribution in [0.15, 0.2) is 30.3 Å². The van der Waals surface area contributed by atoms with E-state index in [0.29, 0.717) is 13.0 Å². The van der Waals surface area contributed by atoms with Crippen molar-refractivity contribution < 1.29 is 9.59 Å². The van der Waals surface area contributed by atoms with Gasteiger partial charge in [-0.25, -0.2) is 0 Å². The Morgan fingerprint density at radius 2 is 1.78 bits per heavy atom. The van der Waals surface area contributed by atoms with Crippen LogP contribution in [0.2, 0.25) is 0 Å². The van der Waals surface area contributed by atoms with Crippen molar-refractivity contribution in [3.63, 3.8) is 0 Å². The highest BCUT2D eigenvalue weighted by Gasteiger charge is 2.21. The van der Waals surface area contributed by atoms with Gasteiger partial charge in [-0.1, -0.05) is 18.2 Å². The van der Waals surface area contributed by atoms with Crippen LogP contribution in [0.5, 0.6) is 0 Å². The number of carbonyl (C=O) groups is 2. The minimum atomic E-state index is -0.537. The van der Waals surface area contributed by atoms with Crippen molar-refractivity contribution in [3.05, 3.63) is 30.3 Å². The first-order valence-corrected chi connectivity index (χ1v) is 7.69. The van der Waals surface area contributed by atoms with Crippen LogP contribution in [-0.2, 0) is 9.59 Å². The fourth-order valence-electron chi connectivity index (χ4n) is 2.46. The standard InChI is InChI=1S/C16H24N4O2.ClH/c1-13(17)16(22)18-8-7-15(21)20-11-9-19(10-12-20)14-5-3-2-4-6-14;/h2-6,13H,7-12,17H2,1H3,(H,18,22);1H. The third kappa shape index (κ3) is 5.73. The molecule has 23 heavy (non-hydrogen) atoms. The molecule has 3 N–H and O–H groups in total. The lowest BCUT2D eigenvalue weighted by atomic mass is 10.2. The number of anilines is 1. The number of rotatable bonds is 5. The van der Waals surface area contributed by atoms with Crippen LogP contribution in [0, 0.1) is 0 Å². The Morgan fingerprint density at radius 3 is 2.35 bits per heavy atom. The second-order valence-electron chi connectivity index (χ2n) is 5.53. The van der Waals surface area contributed by atoms with Crippen LogP contribution in [0.1, 0.15) is 13.3 Å². The molecule has 2 amide bonds. The SMILES string of the molecule is CC(N)C(=O)NCCC(=O)N1CCN(c2ccccc2)CC1.Cl. The normalized spacial score (nSPS) is 15.6. The lowest BCUT2D eigenvalue weighted by molar-refractivity contribution is -0.131. The van der Waals surface area contributed by atoms with Crippen molar-refractivity contribution >= 4 is 29.9 Å². The second kappa shape index (κ2) is 9.37. The zero-order valence-corrected chi connectivity index (χ0v) is 14.2. The molecule has 0 aromatic heterocycles. The van der Waals surface area contributed by atoms with Gasteiger partial charge in [0.25, 0.3) is 0 Å². The number of nitrogens with zero attached hydrogens (tertiary/aromatic N) is 2. The van der Waals surface area contributed by atoms with Crippen molar-refractivity contribution in [2.75, 3.05) is 37.6 Å². The number of hydrogen-bond acceptors (Lipinski definition) is 4. The van der Waals surface area contributed by atoms with E-state index in [1.807, 2.05) is 23.1 Å². The van der Waals surface area contributed by atoms with E-state index in [-0.39, 0.29) is 24.2 Å². The fourth-order valence-corrected chi connectivity index (χ4v) is 2.46. The summed E-state index contributed by atoms with van der Waals surface area (Å²) in [5.74, 6) is -0.139. The molecule has 0 bridgehead atoms. The zero-order chi connectivity index (χ0) is 15.9. The van der Waals surface area contributed by atoms with E-state index in [2.05, 4.69) is 22.3 Å². The highest BCUT2D eigenvalue weighted by Crippen LogP contribution is 2.15. The molecule has 0 saturated carbocycles. The Morgan fingerprint density at radius 1 is 1.17 bits per heavy atom. The molecule has 128 valence electrons. The van der Waals surface area contributed by atoms with Crippen molar-refractivity contribution in [1.29, 1.82) is 0 Å². The summed E-state index contributed by atoms with van der Waals surface area (Å²) in [6.07, 6.45) is 0.323. The molecule has 7 heteroatoms. The molecule has 1 fully saturated rings. The van der Waals surface area contributed by atoms with E-state index in [4.69, 9.17) is 5.73 Å². The minimum absolute atomic E-state index is 0. The average molecular weight is 341 g/mol. The number of benzene rings is 1. The van der Waals surface area contributed by atoms with Crippen molar-refractivity contribution in [2.45, 2.75) is 19.4 Å². The lowest BCUT2D eigenvalue weighted by Crippen LogP contribution is -2.49. The fraction of sp³-hybridized carbons (Fsp3) is 0.500. The van der Waals surface area contributed by atoms with Crippen molar-refractivity contribution in [1.82, 2.24) is 10.2 Å². The molecular formula is C16H25ClN4O2. The van der Waals surface area contributed by atoms with Crippen LogP contribution in [0.25, 0.3) is 0 Å². The minimum Gasteiger partial charge on any atom is -0.368 e. The van der Waals surface area contributed by atoms with E-state index in [1.54, 1.807) is 6.92 Å². The molecule has 6 nitrogen and oxygen atoms in total. The summed E-state index contributed by atoms with van der Waals surface area (Å²) in [6, 6.07) is 9.67. The molecule has 1 aromatic rings. The van der Waals surface area contributed by atoms with Crippen molar-refractivity contribution in [3.8, 4) is 0 Å². The molecule has 0 radical (unpaired) electrons. The molecule has 1 aliphatic rings. The van der Waals surface area contributed by atoms with Gasteiger partial charge in [-0.2, -0.15) is 0 Å². The van der Waals surface area contributed by atoms with E-state index >= 15 is 0 Å². The third-order valence-corrected chi connectivity index (χ3v) is 3.81. The van der Waals surface area contributed by atoms with Crippen LogP contribution in [-0.4, -0.2) is 55.5 Å². The van der Waals surface area contributed by atoms with Gasteiger partial charge in [-0.05, 0) is 19.1 Å². The molecule has 1 aliphatic heterocycles. The van der Waals surface area contributed by atoms with E-state index < -0.39 is 6.04 Å². The monoisotopic (exact) mass is 340 g/mol. The smallest absolute Gasteiger partial charge is 0.236 e. The van der Waals surface area contributed by atoms with E-state index in [1.165, 1.54) is 5.69 Å². The maximum atomic E-state index is 12.1. The predicted octanol–water partition coefficient (Wildman–Crippen LogP) is 0.610. The number of halogens is 1. The molecule has 1 unspecified atom stereocenters. The van der Waals surface area contributed by atoms with Gasteiger partial charge >= 0.3 is 0 Å². The Balaban J connectivity index is 0.00000264. The summed E-state index contributed by atoms with van der Waals surface area (Å²) in [5, 5.41) is 2.66. The lowest BCUT2D eigenvalue weighted by Gasteiger charge is -2.36. The molecule has 1 atom stereocenters. The predicted molar refractivity (Wildman–Crippen MR) is 93.8 cm³/mol. The molecule has 1 saturated heterocycles. The third-order valence-electron chi connectivity index (χ3n) is 3.81. The first kappa shape index (κ1) is 19.3. The number of piperazine rings is 1. The van der Waals surface area contributed by atoms with Crippen LogP contribution in [0.4, 0.5) is 5.69 Å². The summed E-state index contributed by atoms with van der Waals surface area (Å²) in [6.45, 7) is 5.08. The number of hydrogen-bond donors (Lipinski definition) is 2. The van der Waals surface area contributed by atoms with Crippen LogP contribution in [0.3, 0.4) is 0 Å². The van der Waals surface area contributed by atoms with Gasteiger partial charge in [0.15, 0.2) is 0 Å². The molecule has 0 spiro atoms. The quantitative estimate of drug-likeness (QED) is 0.823. The van der Waals surface area contributed by atoms with Gasteiger partial charge in [-0.3, -0.25) is 9.59 Å². The molecule has 0 aliphatic carbocycles. The van der Waals surface area contributed by atoms with Gasteiger partial charge in [0, 0.05) is 44.8 Å². The summed E-state index contributed by atoms with van der Waals surface area (Å²) >= 11 is 0. The van der Waals surface area contributed by atoms with E-state index in [9.17, 15) is 9.59 Å². The highest BCUT2D eigenvalue weighted by molar-refractivity contribution is 5.85. The average Bonchev–Trinajstić information content (AvgIpc) is 2.55. The first-order valence-electron chi connectivity index (χ1n) is 7.69. The van der Waals surface area contributed by atoms with E-state index in [0.717, 1.165) is 26.2 Å². The summed E-state index contributed by atoms with van der Waals surface area (Å²) in [7, 11) is 0. The van der Waals surface area contributed by atoms with Gasteiger partial charge in [0.05, 0.1) is 6.04 Å². The van der Waals surface area contributed by atoms with Crippen LogP contribution < -0.4 is 16.0 Å². The topological polar surface area (TPSA) is 78.7 Å². The maximum absolute atomic E-state index is 12.1. The van der Waals surface area contributed by atoms with Gasteiger partial charge < -0.3 is 20.9 Å². The number of nitrogens with two attached hydrogens (primary N) is 1. The van der Waals surface area contributed by atoms with Crippen LogP contribution >= 0.6 is 12.4 Å². The molecule has 1 heterocycles. The Bertz CT molecular complexity index is 502. The first-order chi connectivity index (χ1) is 10.6. The number of para-hydroxylation sites is 1. The summed E-state index contributed by atoms with van der Waals surface area (Å²) < 4.78 is 0. The molecule has 1 aromatic carbocycles. The largest absolute Gasteiger partial charge is 0.368 e. The maximum Gasteiger partial charge on any atom is 0.236 e. The number of nitrogens with one attached hydrogen (secondary N) is 1. The van der Waals surface area contributed by atoms with Crippen molar-refractivity contribution in [2.24, 2.45) is 5.73 Å². The summed E-state index contributed by atoms with van der Waals surface area (Å²) in [4.78, 5) is 27.6. The zero-order valence-electron chi connectivity index (χ0n) is 13.4.